The number of rotatable bonds is 5. The molecule has 10 heteroatoms. The fourth-order valence-corrected chi connectivity index (χ4v) is 6.72. The predicted octanol–water partition coefficient (Wildman–Crippen LogP) is 4.83. The Labute approximate surface area is 195 Å². The van der Waals surface area contributed by atoms with Crippen LogP contribution in [0.15, 0.2) is 24.8 Å². The zero-order chi connectivity index (χ0) is 23.4. The van der Waals surface area contributed by atoms with Gasteiger partial charge in [0, 0.05) is 54.8 Å². The second-order valence-electron chi connectivity index (χ2n) is 9.95. The van der Waals surface area contributed by atoms with Gasteiger partial charge in [0.05, 0.1) is 18.0 Å². The monoisotopic (exact) mass is 478 g/mol. The van der Waals surface area contributed by atoms with Crippen molar-refractivity contribution in [3.63, 3.8) is 0 Å². The maximum absolute atomic E-state index is 12.9. The van der Waals surface area contributed by atoms with E-state index in [0.29, 0.717) is 16.8 Å². The van der Waals surface area contributed by atoms with Crippen molar-refractivity contribution in [2.24, 2.45) is 18.4 Å². The third kappa shape index (κ3) is 4.47. The Hall–Kier alpha value is -2.20. The zero-order valence-corrected chi connectivity index (χ0v) is 20.0. The summed E-state index contributed by atoms with van der Waals surface area (Å²) in [6.07, 6.45) is 2.61. The van der Waals surface area contributed by atoms with Gasteiger partial charge in [-0.2, -0.15) is 18.3 Å². The topological polar surface area (TPSA) is 50.1 Å². The van der Waals surface area contributed by atoms with Gasteiger partial charge in [0.1, 0.15) is 17.0 Å². The van der Waals surface area contributed by atoms with E-state index in [1.807, 2.05) is 17.9 Å². The number of hydrogen-bond acceptors (Lipinski definition) is 6. The smallest absolute Gasteiger partial charge is 0.355 e. The van der Waals surface area contributed by atoms with Crippen molar-refractivity contribution < 1.29 is 13.2 Å². The first kappa shape index (κ1) is 22.6. The van der Waals surface area contributed by atoms with Gasteiger partial charge < -0.3 is 4.90 Å². The average Bonchev–Trinajstić information content (AvgIpc) is 3.49. The third-order valence-corrected chi connectivity index (χ3v) is 8.07. The predicted molar refractivity (Wildman–Crippen MR) is 123 cm³/mol. The first-order chi connectivity index (χ1) is 15.6. The van der Waals surface area contributed by atoms with Crippen LogP contribution in [-0.4, -0.2) is 57.0 Å². The summed E-state index contributed by atoms with van der Waals surface area (Å²) in [6, 6.07) is 1.96. The summed E-state index contributed by atoms with van der Waals surface area (Å²) >= 11 is 1.11. The lowest BCUT2D eigenvalue weighted by atomic mass is 9.86. The van der Waals surface area contributed by atoms with Crippen LogP contribution in [0.3, 0.4) is 0 Å². The van der Waals surface area contributed by atoms with Gasteiger partial charge in [-0.25, -0.2) is 9.97 Å². The van der Waals surface area contributed by atoms with Crippen molar-refractivity contribution in [3.8, 4) is 0 Å². The largest absolute Gasteiger partial charge is 0.393 e. The van der Waals surface area contributed by atoms with E-state index >= 15 is 0 Å². The molecular formula is C23H29F3N6S. The van der Waals surface area contributed by atoms with Crippen molar-refractivity contribution >= 4 is 27.4 Å². The first-order valence-corrected chi connectivity index (χ1v) is 12.2. The van der Waals surface area contributed by atoms with Crippen LogP contribution in [0, 0.1) is 11.3 Å². The van der Waals surface area contributed by atoms with Crippen LogP contribution >= 0.6 is 11.3 Å². The molecule has 0 aliphatic carbocycles. The lowest BCUT2D eigenvalue weighted by Crippen LogP contribution is -2.34. The van der Waals surface area contributed by atoms with E-state index in [1.54, 1.807) is 6.07 Å². The number of thiophene rings is 1. The van der Waals surface area contributed by atoms with Crippen LogP contribution in [0.5, 0.6) is 0 Å². The summed E-state index contributed by atoms with van der Waals surface area (Å²) in [5.41, 5.74) is 1.43. The highest BCUT2D eigenvalue weighted by molar-refractivity contribution is 7.18. The minimum Gasteiger partial charge on any atom is -0.355 e. The fourth-order valence-electron chi connectivity index (χ4n) is 5.70. The van der Waals surface area contributed by atoms with Crippen LogP contribution < -0.4 is 4.90 Å². The fraction of sp³-hybridized carbons (Fsp3) is 0.609. The van der Waals surface area contributed by atoms with Crippen LogP contribution in [0.1, 0.15) is 43.2 Å². The molecule has 5 heterocycles. The summed E-state index contributed by atoms with van der Waals surface area (Å²) in [7, 11) is 1.95. The van der Waals surface area contributed by atoms with Gasteiger partial charge in [0.2, 0.25) is 0 Å². The van der Waals surface area contributed by atoms with Crippen LogP contribution in [0.25, 0.3) is 10.2 Å². The Morgan fingerprint density at radius 2 is 1.94 bits per heavy atom. The molecule has 178 valence electrons. The molecule has 0 bridgehead atoms. The number of halogens is 3. The molecule has 6 nitrogen and oxygen atoms in total. The molecule has 2 fully saturated rings. The highest BCUT2D eigenvalue weighted by atomic mass is 32.1. The van der Waals surface area contributed by atoms with E-state index in [9.17, 15) is 13.2 Å². The minimum absolute atomic E-state index is 0.178. The molecule has 0 aromatic carbocycles. The molecule has 33 heavy (non-hydrogen) atoms. The van der Waals surface area contributed by atoms with E-state index in [4.69, 9.17) is 0 Å². The molecule has 0 saturated carbocycles. The van der Waals surface area contributed by atoms with E-state index in [-0.39, 0.29) is 10.3 Å². The molecule has 3 aromatic rings. The third-order valence-electron chi connectivity index (χ3n) is 7.03. The number of aryl methyl sites for hydroxylation is 1. The molecule has 3 aromatic heterocycles. The van der Waals surface area contributed by atoms with Crippen molar-refractivity contribution in [2.45, 2.75) is 45.3 Å². The molecular weight excluding hydrogens is 449 g/mol. The number of hydrogen-bond donors (Lipinski definition) is 0. The van der Waals surface area contributed by atoms with Crippen molar-refractivity contribution in [3.05, 3.63) is 35.2 Å². The molecule has 5 rings (SSSR count). The molecule has 1 spiro atoms. The summed E-state index contributed by atoms with van der Waals surface area (Å²) in [5, 5.41) is 5.12. The van der Waals surface area contributed by atoms with E-state index < -0.39 is 12.6 Å². The van der Waals surface area contributed by atoms with Crippen LogP contribution in [-0.2, 0) is 13.5 Å². The summed E-state index contributed by atoms with van der Waals surface area (Å²) in [6.45, 7) is 8.31. The normalized spacial score (nSPS) is 22.9. The van der Waals surface area contributed by atoms with Gasteiger partial charge >= 0.3 is 6.18 Å². The molecule has 2 aliphatic heterocycles. The van der Waals surface area contributed by atoms with Gasteiger partial charge in [-0.15, -0.1) is 11.3 Å². The minimum atomic E-state index is -4.22. The molecule has 0 N–H and O–H groups in total. The Bertz CT molecular complexity index is 1140. The van der Waals surface area contributed by atoms with Gasteiger partial charge in [0.15, 0.2) is 0 Å². The standard InChI is InChI=1S/C23H29F3N6S/c1-15(2)19(16-10-29-30(3)11-16)31-6-4-22(12-31)5-7-32(13-22)20-18-8-17(9-23(24,25)26)33-21(18)28-14-27-20/h8,10-11,14-15,19H,4-7,9,12-13H2,1-3H3/t19-,22+/m1/s1. The number of anilines is 1. The van der Waals surface area contributed by atoms with E-state index in [2.05, 4.69) is 44.9 Å². The highest BCUT2D eigenvalue weighted by Gasteiger charge is 2.46. The number of alkyl halides is 3. The molecule has 2 saturated heterocycles. The summed E-state index contributed by atoms with van der Waals surface area (Å²) in [4.78, 5) is 14.5. The molecule has 2 aliphatic rings. The highest BCUT2D eigenvalue weighted by Crippen LogP contribution is 2.45. The number of likely N-dealkylation sites (tertiary alicyclic amines) is 1. The van der Waals surface area contributed by atoms with Gasteiger partial charge in [-0.3, -0.25) is 9.58 Å². The quantitative estimate of drug-likeness (QED) is 0.526. The summed E-state index contributed by atoms with van der Waals surface area (Å²) in [5.74, 6) is 1.24. The van der Waals surface area contributed by atoms with Gasteiger partial charge in [0.25, 0.3) is 0 Å². The van der Waals surface area contributed by atoms with Gasteiger partial charge in [-0.05, 0) is 31.4 Å². The second-order valence-corrected chi connectivity index (χ2v) is 11.1. The molecule has 0 radical (unpaired) electrons. The van der Waals surface area contributed by atoms with Crippen molar-refractivity contribution in [2.75, 3.05) is 31.1 Å². The zero-order valence-electron chi connectivity index (χ0n) is 19.1. The average molecular weight is 479 g/mol. The number of fused-ring (bicyclic) bond motifs is 1. The second kappa shape index (κ2) is 8.23. The van der Waals surface area contributed by atoms with Crippen LogP contribution in [0.2, 0.25) is 0 Å². The SMILES string of the molecule is CC(C)[C@H](c1cnn(C)c1)N1CC[C@]2(CCN(c3ncnc4sc(CC(F)(F)F)cc34)C2)C1. The lowest BCUT2D eigenvalue weighted by molar-refractivity contribution is -0.126. The first-order valence-electron chi connectivity index (χ1n) is 11.4. The van der Waals surface area contributed by atoms with E-state index in [1.165, 1.54) is 11.9 Å². The maximum atomic E-state index is 12.9. The molecule has 0 unspecified atom stereocenters. The Kier molecular flexibility index (Phi) is 5.63. The van der Waals surface area contributed by atoms with Crippen molar-refractivity contribution in [1.29, 1.82) is 0 Å². The Balaban J connectivity index is 1.35. The number of nitrogens with zero attached hydrogens (tertiary/aromatic N) is 6. The summed E-state index contributed by atoms with van der Waals surface area (Å²) < 4.78 is 40.6. The lowest BCUT2D eigenvalue weighted by Gasteiger charge is -2.32. The van der Waals surface area contributed by atoms with Crippen LogP contribution in [0.4, 0.5) is 19.0 Å². The Morgan fingerprint density at radius 1 is 1.15 bits per heavy atom. The van der Waals surface area contributed by atoms with Gasteiger partial charge in [-0.1, -0.05) is 13.8 Å². The van der Waals surface area contributed by atoms with E-state index in [0.717, 1.165) is 61.6 Å². The maximum Gasteiger partial charge on any atom is 0.393 e. The molecule has 0 amide bonds. The number of aromatic nitrogens is 4. The van der Waals surface area contributed by atoms with Crippen molar-refractivity contribution in [1.82, 2.24) is 24.6 Å². The Morgan fingerprint density at radius 3 is 2.64 bits per heavy atom. The molecule has 2 atom stereocenters.